The van der Waals surface area contributed by atoms with E-state index in [1.807, 2.05) is 54.6 Å². The van der Waals surface area contributed by atoms with Crippen LogP contribution in [-0.4, -0.2) is 25.4 Å². The molecule has 5 rings (SSSR count). The van der Waals surface area contributed by atoms with Crippen LogP contribution in [0.3, 0.4) is 0 Å². The SMILES string of the molecule is Cc1nc2ccc(NC(=O)[C@@H](Cc3ccccc3)NS(=O)(=O)c3ccc4ccccc4c3)cc2o1. The summed E-state index contributed by atoms with van der Waals surface area (Å²) in [5.41, 5.74) is 2.53. The Labute approximate surface area is 202 Å². The van der Waals surface area contributed by atoms with Gasteiger partial charge < -0.3 is 9.73 Å². The summed E-state index contributed by atoms with van der Waals surface area (Å²) in [5.74, 6) is 0.0439. The third kappa shape index (κ3) is 5.08. The average molecular weight is 486 g/mol. The molecule has 0 aliphatic heterocycles. The van der Waals surface area contributed by atoms with Crippen molar-refractivity contribution in [3.63, 3.8) is 0 Å². The maximum absolute atomic E-state index is 13.3. The van der Waals surface area contributed by atoms with Crippen molar-refractivity contribution in [3.8, 4) is 0 Å². The van der Waals surface area contributed by atoms with E-state index in [0.29, 0.717) is 22.7 Å². The van der Waals surface area contributed by atoms with E-state index in [1.54, 1.807) is 43.3 Å². The van der Waals surface area contributed by atoms with E-state index in [9.17, 15) is 13.2 Å². The van der Waals surface area contributed by atoms with Crippen molar-refractivity contribution in [2.24, 2.45) is 0 Å². The van der Waals surface area contributed by atoms with E-state index in [2.05, 4.69) is 15.0 Å². The Balaban J connectivity index is 1.43. The van der Waals surface area contributed by atoms with Gasteiger partial charge in [0, 0.05) is 18.7 Å². The molecule has 0 saturated carbocycles. The minimum absolute atomic E-state index is 0.0978. The largest absolute Gasteiger partial charge is 0.441 e. The van der Waals surface area contributed by atoms with Crippen LogP contribution in [0.5, 0.6) is 0 Å². The van der Waals surface area contributed by atoms with Gasteiger partial charge in [-0.25, -0.2) is 13.4 Å². The highest BCUT2D eigenvalue weighted by molar-refractivity contribution is 7.89. The van der Waals surface area contributed by atoms with Gasteiger partial charge in [-0.2, -0.15) is 4.72 Å². The first kappa shape index (κ1) is 22.8. The summed E-state index contributed by atoms with van der Waals surface area (Å²) >= 11 is 0. The summed E-state index contributed by atoms with van der Waals surface area (Å²) in [4.78, 5) is 17.7. The van der Waals surface area contributed by atoms with Crippen molar-refractivity contribution in [1.29, 1.82) is 0 Å². The fourth-order valence-corrected chi connectivity index (χ4v) is 5.20. The molecule has 176 valence electrons. The number of rotatable bonds is 7. The molecule has 0 spiro atoms. The smallest absolute Gasteiger partial charge is 0.242 e. The Morgan fingerprint density at radius 1 is 0.914 bits per heavy atom. The van der Waals surface area contributed by atoms with Crippen LogP contribution in [0.4, 0.5) is 5.69 Å². The molecule has 4 aromatic carbocycles. The molecule has 8 heteroatoms. The number of aromatic nitrogens is 1. The summed E-state index contributed by atoms with van der Waals surface area (Å²) in [7, 11) is -3.98. The molecule has 0 unspecified atom stereocenters. The van der Waals surface area contributed by atoms with Crippen LogP contribution in [0.15, 0.2) is 100 Å². The van der Waals surface area contributed by atoms with Crippen LogP contribution in [0.2, 0.25) is 0 Å². The predicted octanol–water partition coefficient (Wildman–Crippen LogP) is 4.82. The maximum Gasteiger partial charge on any atom is 0.242 e. The zero-order valence-electron chi connectivity index (χ0n) is 18.9. The number of nitrogens with zero attached hydrogens (tertiary/aromatic N) is 1. The summed E-state index contributed by atoms with van der Waals surface area (Å²) in [6.45, 7) is 1.75. The van der Waals surface area contributed by atoms with Crippen LogP contribution >= 0.6 is 0 Å². The third-order valence-corrected chi connectivity index (χ3v) is 7.16. The molecule has 1 amide bonds. The van der Waals surface area contributed by atoms with Gasteiger partial charge in [-0.3, -0.25) is 4.79 Å². The number of aryl methyl sites for hydroxylation is 1. The van der Waals surface area contributed by atoms with E-state index in [0.717, 1.165) is 16.3 Å². The zero-order chi connectivity index (χ0) is 24.4. The monoisotopic (exact) mass is 485 g/mol. The van der Waals surface area contributed by atoms with Gasteiger partial charge in [0.2, 0.25) is 15.9 Å². The Hall–Kier alpha value is -4.01. The molecule has 0 aliphatic rings. The number of hydrogen-bond acceptors (Lipinski definition) is 5. The number of amides is 1. The highest BCUT2D eigenvalue weighted by atomic mass is 32.2. The van der Waals surface area contributed by atoms with E-state index in [1.165, 1.54) is 0 Å². The number of nitrogens with one attached hydrogen (secondary N) is 2. The van der Waals surface area contributed by atoms with Gasteiger partial charge in [0.1, 0.15) is 11.6 Å². The lowest BCUT2D eigenvalue weighted by Crippen LogP contribution is -2.45. The number of benzene rings is 4. The number of sulfonamides is 1. The van der Waals surface area contributed by atoms with Crippen molar-refractivity contribution < 1.29 is 17.6 Å². The second-order valence-corrected chi connectivity index (χ2v) is 9.99. The second kappa shape index (κ2) is 9.32. The molecule has 2 N–H and O–H groups in total. The van der Waals surface area contributed by atoms with E-state index < -0.39 is 22.0 Å². The standard InChI is InChI=1S/C27H23N3O4S/c1-18-28-24-14-12-22(17-26(24)34-18)29-27(31)25(15-19-7-3-2-4-8-19)30-35(32,33)23-13-11-20-9-5-6-10-21(20)16-23/h2-14,16-17,25,30H,15H2,1H3,(H,29,31)/t25-/m1/s1. The zero-order valence-corrected chi connectivity index (χ0v) is 19.7. The van der Waals surface area contributed by atoms with Crippen molar-refractivity contribution >= 4 is 43.5 Å². The molecule has 1 atom stereocenters. The molecule has 7 nitrogen and oxygen atoms in total. The molecule has 0 radical (unpaired) electrons. The number of hydrogen-bond donors (Lipinski definition) is 2. The van der Waals surface area contributed by atoms with Gasteiger partial charge in [0.25, 0.3) is 0 Å². The first-order chi connectivity index (χ1) is 16.9. The molecular weight excluding hydrogens is 462 g/mol. The van der Waals surface area contributed by atoms with E-state index in [-0.39, 0.29) is 11.3 Å². The average Bonchev–Trinajstić information content (AvgIpc) is 3.23. The molecule has 0 aliphatic carbocycles. The predicted molar refractivity (Wildman–Crippen MR) is 136 cm³/mol. The first-order valence-corrected chi connectivity index (χ1v) is 12.6. The second-order valence-electron chi connectivity index (χ2n) is 8.28. The summed E-state index contributed by atoms with van der Waals surface area (Å²) in [6, 6.07) is 25.8. The van der Waals surface area contributed by atoms with Crippen molar-refractivity contribution in [2.45, 2.75) is 24.3 Å². The van der Waals surface area contributed by atoms with Crippen molar-refractivity contribution in [3.05, 3.63) is 102 Å². The number of anilines is 1. The molecule has 35 heavy (non-hydrogen) atoms. The summed E-state index contributed by atoms with van der Waals surface area (Å²) in [6.07, 6.45) is 0.184. The fraction of sp³-hybridized carbons (Fsp3) is 0.111. The van der Waals surface area contributed by atoms with Crippen LogP contribution in [0.25, 0.3) is 21.9 Å². The lowest BCUT2D eigenvalue weighted by atomic mass is 10.1. The van der Waals surface area contributed by atoms with Crippen LogP contribution in [0, 0.1) is 6.92 Å². The van der Waals surface area contributed by atoms with Gasteiger partial charge in [-0.1, -0.05) is 60.7 Å². The van der Waals surface area contributed by atoms with Crippen LogP contribution in [0.1, 0.15) is 11.5 Å². The lowest BCUT2D eigenvalue weighted by molar-refractivity contribution is -0.117. The molecule has 5 aromatic rings. The Morgan fingerprint density at radius 2 is 1.66 bits per heavy atom. The third-order valence-electron chi connectivity index (χ3n) is 5.69. The van der Waals surface area contributed by atoms with Gasteiger partial charge >= 0.3 is 0 Å². The Kier molecular flexibility index (Phi) is 6.07. The number of carbonyl (C=O) groups excluding carboxylic acids is 1. The highest BCUT2D eigenvalue weighted by Crippen LogP contribution is 2.22. The number of oxazole rings is 1. The van der Waals surface area contributed by atoms with Gasteiger partial charge in [0.15, 0.2) is 11.5 Å². The topological polar surface area (TPSA) is 101 Å². The quantitative estimate of drug-likeness (QED) is 0.344. The lowest BCUT2D eigenvalue weighted by Gasteiger charge is -2.19. The van der Waals surface area contributed by atoms with Gasteiger partial charge in [0.05, 0.1) is 4.90 Å². The van der Waals surface area contributed by atoms with Gasteiger partial charge in [-0.05, 0) is 47.0 Å². The van der Waals surface area contributed by atoms with Crippen LogP contribution < -0.4 is 10.0 Å². The Bertz CT molecular complexity index is 1630. The van der Waals surface area contributed by atoms with E-state index in [4.69, 9.17) is 4.42 Å². The summed E-state index contributed by atoms with van der Waals surface area (Å²) < 4.78 is 34.7. The van der Waals surface area contributed by atoms with E-state index >= 15 is 0 Å². The molecule has 0 saturated heterocycles. The first-order valence-electron chi connectivity index (χ1n) is 11.1. The Morgan fingerprint density at radius 3 is 2.46 bits per heavy atom. The van der Waals surface area contributed by atoms with Crippen LogP contribution in [-0.2, 0) is 21.2 Å². The molecule has 1 heterocycles. The minimum atomic E-state index is -3.98. The fourth-order valence-electron chi connectivity index (χ4n) is 3.97. The summed E-state index contributed by atoms with van der Waals surface area (Å²) in [5, 5.41) is 4.55. The molecular formula is C27H23N3O4S. The number of carbonyl (C=O) groups is 1. The highest BCUT2D eigenvalue weighted by Gasteiger charge is 2.26. The molecule has 0 fully saturated rings. The number of fused-ring (bicyclic) bond motifs is 2. The minimum Gasteiger partial charge on any atom is -0.441 e. The maximum atomic E-state index is 13.3. The van der Waals surface area contributed by atoms with Gasteiger partial charge in [-0.15, -0.1) is 0 Å². The van der Waals surface area contributed by atoms with Crippen molar-refractivity contribution in [1.82, 2.24) is 9.71 Å². The normalized spacial score (nSPS) is 12.6. The molecule has 0 bridgehead atoms. The van der Waals surface area contributed by atoms with Crippen molar-refractivity contribution in [2.75, 3.05) is 5.32 Å². The molecule has 1 aromatic heterocycles.